The fourth-order valence-corrected chi connectivity index (χ4v) is 1.72. The summed E-state index contributed by atoms with van der Waals surface area (Å²) < 4.78 is 12.7. The van der Waals surface area contributed by atoms with Crippen LogP contribution in [0.15, 0.2) is 35.6 Å². The van der Waals surface area contributed by atoms with Crippen LogP contribution in [0.1, 0.15) is 13.8 Å². The predicted octanol–water partition coefficient (Wildman–Crippen LogP) is 2.99. The highest BCUT2D eigenvalue weighted by molar-refractivity contribution is 7.81. The Bertz CT molecular complexity index is 476. The second-order valence-corrected chi connectivity index (χ2v) is 3.89. The monoisotopic (exact) mass is 253 g/mol. The van der Waals surface area contributed by atoms with Crippen LogP contribution < -0.4 is 5.32 Å². The third-order valence-electron chi connectivity index (χ3n) is 2.04. The maximum atomic E-state index is 12.7. The van der Waals surface area contributed by atoms with Crippen LogP contribution in [0.5, 0.6) is 0 Å². The maximum absolute atomic E-state index is 12.7. The van der Waals surface area contributed by atoms with Gasteiger partial charge < -0.3 is 10.4 Å². The van der Waals surface area contributed by atoms with Crippen molar-refractivity contribution < 1.29 is 14.3 Å². The average Bonchev–Trinajstić information content (AvgIpc) is 2.20. The standard InChI is InChI=1S/C12H12FNO2S/c1-7(15)11(8(2)16)12(17)14-10-5-3-9(13)4-6-10/h3-6,15H,1-2H3,(H,14,17). The zero-order valence-corrected chi connectivity index (χ0v) is 10.3. The lowest BCUT2D eigenvalue weighted by atomic mass is 10.1. The number of anilines is 1. The molecule has 1 aromatic carbocycles. The molecular weight excluding hydrogens is 241 g/mol. The minimum atomic E-state index is -0.359. The van der Waals surface area contributed by atoms with E-state index in [0.717, 1.165) is 0 Å². The largest absolute Gasteiger partial charge is 0.512 e. The molecule has 0 atom stereocenters. The van der Waals surface area contributed by atoms with Gasteiger partial charge in [-0.05, 0) is 38.1 Å². The van der Waals surface area contributed by atoms with Gasteiger partial charge in [0.25, 0.3) is 0 Å². The molecule has 5 heteroatoms. The minimum absolute atomic E-state index is 0.0596. The number of halogens is 1. The fraction of sp³-hybridized carbons (Fsp3) is 0.167. The van der Waals surface area contributed by atoms with Gasteiger partial charge in [-0.1, -0.05) is 12.2 Å². The van der Waals surface area contributed by atoms with E-state index >= 15 is 0 Å². The third kappa shape index (κ3) is 3.64. The molecule has 0 aliphatic rings. The van der Waals surface area contributed by atoms with Crippen LogP contribution in [-0.4, -0.2) is 15.9 Å². The van der Waals surface area contributed by atoms with E-state index in [4.69, 9.17) is 12.2 Å². The van der Waals surface area contributed by atoms with Gasteiger partial charge in [0.2, 0.25) is 0 Å². The van der Waals surface area contributed by atoms with Crippen molar-refractivity contribution in [3.8, 4) is 0 Å². The summed E-state index contributed by atoms with van der Waals surface area (Å²) in [7, 11) is 0. The van der Waals surface area contributed by atoms with Crippen molar-refractivity contribution in [2.75, 3.05) is 5.32 Å². The Kier molecular flexibility index (Phi) is 4.34. The molecule has 2 N–H and O–H groups in total. The van der Waals surface area contributed by atoms with E-state index in [-0.39, 0.29) is 27.9 Å². The van der Waals surface area contributed by atoms with Crippen LogP contribution in [0.4, 0.5) is 10.1 Å². The normalized spacial score (nSPS) is 11.7. The van der Waals surface area contributed by atoms with E-state index < -0.39 is 0 Å². The summed E-state index contributed by atoms with van der Waals surface area (Å²) in [4.78, 5) is 11.4. The van der Waals surface area contributed by atoms with Gasteiger partial charge in [0.1, 0.15) is 16.6 Å². The van der Waals surface area contributed by atoms with Crippen LogP contribution >= 0.6 is 12.2 Å². The molecule has 0 saturated heterocycles. The topological polar surface area (TPSA) is 49.3 Å². The second-order valence-electron chi connectivity index (χ2n) is 3.48. The Labute approximate surface area is 104 Å². The van der Waals surface area contributed by atoms with Crippen LogP contribution in [-0.2, 0) is 4.79 Å². The highest BCUT2D eigenvalue weighted by Crippen LogP contribution is 2.12. The molecule has 1 aromatic rings. The number of benzene rings is 1. The van der Waals surface area contributed by atoms with Crippen molar-refractivity contribution in [1.82, 2.24) is 0 Å². The number of hydrogen-bond donors (Lipinski definition) is 2. The van der Waals surface area contributed by atoms with E-state index in [1.165, 1.54) is 38.1 Å². The molecule has 0 spiro atoms. The first-order valence-electron chi connectivity index (χ1n) is 4.89. The SMILES string of the molecule is CC(=O)C(C(=S)Nc1ccc(F)cc1)=C(C)O. The summed E-state index contributed by atoms with van der Waals surface area (Å²) in [5.74, 6) is -0.830. The number of allylic oxidation sites excluding steroid dienone is 1. The molecule has 0 heterocycles. The molecule has 3 nitrogen and oxygen atoms in total. The number of nitrogens with one attached hydrogen (secondary N) is 1. The molecule has 0 bridgehead atoms. The van der Waals surface area contributed by atoms with E-state index in [1.54, 1.807) is 0 Å². The Morgan fingerprint density at radius 3 is 2.24 bits per heavy atom. The molecule has 0 aromatic heterocycles. The molecule has 17 heavy (non-hydrogen) atoms. The first-order valence-corrected chi connectivity index (χ1v) is 5.30. The first kappa shape index (κ1) is 13.3. The number of ketones is 1. The molecule has 0 unspecified atom stereocenters. The fourth-order valence-electron chi connectivity index (χ4n) is 1.31. The van der Waals surface area contributed by atoms with Gasteiger partial charge in [-0.2, -0.15) is 0 Å². The summed E-state index contributed by atoms with van der Waals surface area (Å²) in [5, 5.41) is 12.1. The zero-order valence-electron chi connectivity index (χ0n) is 9.45. The Morgan fingerprint density at radius 2 is 1.82 bits per heavy atom. The van der Waals surface area contributed by atoms with E-state index in [2.05, 4.69) is 5.32 Å². The lowest BCUT2D eigenvalue weighted by Gasteiger charge is -2.10. The van der Waals surface area contributed by atoms with Crippen molar-refractivity contribution in [2.45, 2.75) is 13.8 Å². The number of carbonyl (C=O) groups is 1. The average molecular weight is 253 g/mol. The summed E-state index contributed by atoms with van der Waals surface area (Å²) in [6.45, 7) is 2.70. The summed E-state index contributed by atoms with van der Waals surface area (Å²) >= 11 is 5.00. The van der Waals surface area contributed by atoms with Crippen molar-refractivity contribution in [2.24, 2.45) is 0 Å². The number of rotatable bonds is 3. The molecule has 0 aliphatic heterocycles. The van der Waals surface area contributed by atoms with Crippen LogP contribution in [0, 0.1) is 5.82 Å². The Hall–Kier alpha value is -1.75. The predicted molar refractivity (Wildman–Crippen MR) is 68.6 cm³/mol. The molecule has 0 aliphatic carbocycles. The minimum Gasteiger partial charge on any atom is -0.512 e. The van der Waals surface area contributed by atoms with Gasteiger partial charge in [-0.3, -0.25) is 4.79 Å². The highest BCUT2D eigenvalue weighted by atomic mass is 32.1. The number of hydrogen-bond acceptors (Lipinski definition) is 3. The molecule has 0 amide bonds. The molecule has 1 rings (SSSR count). The molecule has 0 saturated carbocycles. The third-order valence-corrected chi connectivity index (χ3v) is 2.35. The van der Waals surface area contributed by atoms with Gasteiger partial charge in [-0.15, -0.1) is 0 Å². The number of aliphatic hydroxyl groups is 1. The second kappa shape index (κ2) is 5.54. The molecule has 90 valence electrons. The zero-order chi connectivity index (χ0) is 13.0. The smallest absolute Gasteiger partial charge is 0.166 e. The Morgan fingerprint density at radius 1 is 1.29 bits per heavy atom. The van der Waals surface area contributed by atoms with E-state index in [0.29, 0.717) is 5.69 Å². The summed E-state index contributed by atoms with van der Waals surface area (Å²) in [5.41, 5.74) is 0.612. The summed E-state index contributed by atoms with van der Waals surface area (Å²) in [6, 6.07) is 5.53. The number of carbonyl (C=O) groups excluding carboxylic acids is 1. The number of Topliss-reactive ketones (excluding diaryl/α,β-unsaturated/α-hetero) is 1. The first-order chi connectivity index (χ1) is 7.91. The van der Waals surface area contributed by atoms with E-state index in [9.17, 15) is 14.3 Å². The van der Waals surface area contributed by atoms with E-state index in [1.807, 2.05) is 0 Å². The molecule has 0 fully saturated rings. The van der Waals surface area contributed by atoms with Crippen molar-refractivity contribution in [3.05, 3.63) is 41.4 Å². The Balaban J connectivity index is 2.89. The van der Waals surface area contributed by atoms with Gasteiger partial charge in [0.05, 0.1) is 5.57 Å². The van der Waals surface area contributed by atoms with Crippen LogP contribution in [0.25, 0.3) is 0 Å². The quantitative estimate of drug-likeness (QED) is 0.494. The number of aliphatic hydroxyl groups excluding tert-OH is 1. The van der Waals surface area contributed by atoms with Crippen molar-refractivity contribution >= 4 is 28.7 Å². The van der Waals surface area contributed by atoms with Gasteiger partial charge >= 0.3 is 0 Å². The van der Waals surface area contributed by atoms with Crippen molar-refractivity contribution in [1.29, 1.82) is 0 Å². The van der Waals surface area contributed by atoms with Gasteiger partial charge in [0.15, 0.2) is 5.78 Å². The van der Waals surface area contributed by atoms with Gasteiger partial charge in [0, 0.05) is 5.69 Å². The molecular formula is C12H12FNO2S. The number of thiocarbonyl (C=S) groups is 1. The molecule has 0 radical (unpaired) electrons. The highest BCUT2D eigenvalue weighted by Gasteiger charge is 2.14. The lowest BCUT2D eigenvalue weighted by Crippen LogP contribution is -2.18. The van der Waals surface area contributed by atoms with Crippen molar-refractivity contribution in [3.63, 3.8) is 0 Å². The summed E-state index contributed by atoms with van der Waals surface area (Å²) in [6.07, 6.45) is 0. The van der Waals surface area contributed by atoms with Gasteiger partial charge in [-0.25, -0.2) is 4.39 Å². The maximum Gasteiger partial charge on any atom is 0.166 e. The van der Waals surface area contributed by atoms with Crippen LogP contribution in [0.2, 0.25) is 0 Å². The lowest BCUT2D eigenvalue weighted by molar-refractivity contribution is -0.113. The van der Waals surface area contributed by atoms with Crippen LogP contribution in [0.3, 0.4) is 0 Å².